The van der Waals surface area contributed by atoms with Gasteiger partial charge in [0.2, 0.25) is 0 Å². The van der Waals surface area contributed by atoms with Crippen LogP contribution >= 0.6 is 39.3 Å². The van der Waals surface area contributed by atoms with Gasteiger partial charge in [0, 0.05) is 22.1 Å². The third-order valence-corrected chi connectivity index (χ3v) is 4.87. The van der Waals surface area contributed by atoms with Crippen LogP contribution in [-0.2, 0) is 6.54 Å². The average molecular weight is 372 g/mol. The van der Waals surface area contributed by atoms with Crippen LogP contribution in [0.1, 0.15) is 18.9 Å². The lowest BCUT2D eigenvalue weighted by Gasteiger charge is -2.08. The molecule has 0 aliphatic carbocycles. The monoisotopic (exact) mass is 370 g/mol. The Morgan fingerprint density at radius 3 is 2.90 bits per heavy atom. The molecule has 20 heavy (non-hydrogen) atoms. The van der Waals surface area contributed by atoms with Gasteiger partial charge in [-0.3, -0.25) is 0 Å². The predicted octanol–water partition coefficient (Wildman–Crippen LogP) is 5.15. The molecule has 0 spiro atoms. The first-order valence-electron chi connectivity index (χ1n) is 6.48. The highest BCUT2D eigenvalue weighted by Crippen LogP contribution is 2.33. The molecule has 0 unspecified atom stereocenters. The molecule has 0 saturated carbocycles. The molecule has 1 aromatic carbocycles. The molecule has 0 fully saturated rings. The fourth-order valence-electron chi connectivity index (χ4n) is 1.69. The van der Waals surface area contributed by atoms with Crippen molar-refractivity contribution >= 4 is 39.3 Å². The molecule has 0 bridgehead atoms. The molecule has 2 rings (SSSR count). The van der Waals surface area contributed by atoms with Gasteiger partial charge in [-0.05, 0) is 42.8 Å². The van der Waals surface area contributed by atoms with Crippen LogP contribution in [0.3, 0.4) is 0 Å². The molecule has 1 N–H and O–H groups in total. The summed E-state index contributed by atoms with van der Waals surface area (Å²) in [4.78, 5) is 5.41. The van der Waals surface area contributed by atoms with Crippen LogP contribution in [0.15, 0.2) is 50.9 Å². The molecule has 0 aliphatic heterocycles. The zero-order valence-corrected chi connectivity index (χ0v) is 14.4. The second kappa shape index (κ2) is 8.03. The van der Waals surface area contributed by atoms with Crippen LogP contribution in [0.25, 0.3) is 0 Å². The SMILES string of the molecule is CCCNCc1ccc(Sc2ncccc2Cl)cc1Br. The fourth-order valence-corrected chi connectivity index (χ4v) is 3.42. The highest BCUT2D eigenvalue weighted by Gasteiger charge is 2.06. The Labute approximate surface area is 137 Å². The Bertz CT molecular complexity index is 578. The number of benzene rings is 1. The second-order valence-corrected chi connectivity index (χ2v) is 6.65. The molecule has 2 nitrogen and oxygen atoms in total. The summed E-state index contributed by atoms with van der Waals surface area (Å²) in [7, 11) is 0. The van der Waals surface area contributed by atoms with Gasteiger partial charge in [-0.25, -0.2) is 4.98 Å². The van der Waals surface area contributed by atoms with Crippen molar-refractivity contribution < 1.29 is 0 Å². The van der Waals surface area contributed by atoms with Crippen molar-refractivity contribution in [3.63, 3.8) is 0 Å². The van der Waals surface area contributed by atoms with Gasteiger partial charge in [-0.2, -0.15) is 0 Å². The molecule has 0 atom stereocenters. The number of aromatic nitrogens is 1. The van der Waals surface area contributed by atoms with Crippen molar-refractivity contribution in [2.45, 2.75) is 29.8 Å². The standard InChI is InChI=1S/C15H16BrClN2S/c1-2-7-18-10-11-5-6-12(9-13(11)16)20-15-14(17)4-3-8-19-15/h3-6,8-9,18H,2,7,10H2,1H3. The average Bonchev–Trinajstić information content (AvgIpc) is 2.44. The van der Waals surface area contributed by atoms with E-state index in [9.17, 15) is 0 Å². The van der Waals surface area contributed by atoms with Gasteiger partial charge in [0.05, 0.1) is 5.02 Å². The van der Waals surface area contributed by atoms with Gasteiger partial charge < -0.3 is 5.32 Å². The summed E-state index contributed by atoms with van der Waals surface area (Å²) in [5, 5.41) is 4.91. The molecule has 0 radical (unpaired) electrons. The summed E-state index contributed by atoms with van der Waals surface area (Å²) in [5.41, 5.74) is 1.26. The number of rotatable bonds is 6. The maximum atomic E-state index is 6.12. The minimum Gasteiger partial charge on any atom is -0.313 e. The number of nitrogens with zero attached hydrogens (tertiary/aromatic N) is 1. The molecular formula is C15H16BrClN2S. The van der Waals surface area contributed by atoms with E-state index in [4.69, 9.17) is 11.6 Å². The van der Waals surface area contributed by atoms with Crippen molar-refractivity contribution in [2.75, 3.05) is 6.54 Å². The topological polar surface area (TPSA) is 24.9 Å². The van der Waals surface area contributed by atoms with Crippen molar-refractivity contribution in [1.29, 1.82) is 0 Å². The minimum absolute atomic E-state index is 0.683. The highest BCUT2D eigenvalue weighted by molar-refractivity contribution is 9.10. The quantitative estimate of drug-likeness (QED) is 0.711. The lowest BCUT2D eigenvalue weighted by molar-refractivity contribution is 0.673. The number of hydrogen-bond donors (Lipinski definition) is 1. The normalized spacial score (nSPS) is 10.8. The van der Waals surface area contributed by atoms with Crippen LogP contribution in [0.5, 0.6) is 0 Å². The molecule has 0 amide bonds. The Hall–Kier alpha value is -0.550. The van der Waals surface area contributed by atoms with Crippen molar-refractivity contribution in [3.05, 3.63) is 51.6 Å². The van der Waals surface area contributed by atoms with Gasteiger partial charge >= 0.3 is 0 Å². The van der Waals surface area contributed by atoms with Gasteiger partial charge in [-0.15, -0.1) is 0 Å². The van der Waals surface area contributed by atoms with Crippen molar-refractivity contribution in [3.8, 4) is 0 Å². The summed E-state index contributed by atoms with van der Waals surface area (Å²) < 4.78 is 1.11. The lowest BCUT2D eigenvalue weighted by Crippen LogP contribution is -2.14. The fraction of sp³-hybridized carbons (Fsp3) is 0.267. The summed E-state index contributed by atoms with van der Waals surface area (Å²) in [6.45, 7) is 4.08. The summed E-state index contributed by atoms with van der Waals surface area (Å²) in [6.07, 6.45) is 2.90. The number of pyridine rings is 1. The summed E-state index contributed by atoms with van der Waals surface area (Å²) in [5.74, 6) is 0. The van der Waals surface area contributed by atoms with Crippen LogP contribution in [0.4, 0.5) is 0 Å². The van der Waals surface area contributed by atoms with Gasteiger partial charge in [0.15, 0.2) is 0 Å². The Morgan fingerprint density at radius 1 is 1.35 bits per heavy atom. The van der Waals surface area contributed by atoms with E-state index in [1.807, 2.05) is 12.1 Å². The molecule has 1 aromatic heterocycles. The molecule has 2 aromatic rings. The van der Waals surface area contributed by atoms with E-state index in [1.165, 1.54) is 5.56 Å². The van der Waals surface area contributed by atoms with E-state index in [-0.39, 0.29) is 0 Å². The van der Waals surface area contributed by atoms with E-state index in [0.717, 1.165) is 33.9 Å². The van der Waals surface area contributed by atoms with E-state index in [1.54, 1.807) is 18.0 Å². The maximum Gasteiger partial charge on any atom is 0.119 e. The highest BCUT2D eigenvalue weighted by atomic mass is 79.9. The van der Waals surface area contributed by atoms with Gasteiger partial charge in [-0.1, -0.05) is 52.3 Å². The Kier molecular flexibility index (Phi) is 6.36. The van der Waals surface area contributed by atoms with E-state index >= 15 is 0 Å². The van der Waals surface area contributed by atoms with Crippen LogP contribution in [-0.4, -0.2) is 11.5 Å². The van der Waals surface area contributed by atoms with E-state index in [2.05, 4.69) is 51.4 Å². The van der Waals surface area contributed by atoms with Gasteiger partial charge in [0.1, 0.15) is 5.03 Å². The van der Waals surface area contributed by atoms with Crippen LogP contribution in [0.2, 0.25) is 5.02 Å². The summed E-state index contributed by atoms with van der Waals surface area (Å²) >= 11 is 11.3. The Balaban J connectivity index is 2.07. The largest absolute Gasteiger partial charge is 0.313 e. The number of nitrogens with one attached hydrogen (secondary N) is 1. The first-order valence-corrected chi connectivity index (χ1v) is 8.47. The van der Waals surface area contributed by atoms with Crippen LogP contribution in [0, 0.1) is 0 Å². The van der Waals surface area contributed by atoms with Crippen molar-refractivity contribution in [2.24, 2.45) is 0 Å². The Morgan fingerprint density at radius 2 is 2.20 bits per heavy atom. The molecule has 0 saturated heterocycles. The third kappa shape index (κ3) is 4.48. The van der Waals surface area contributed by atoms with E-state index in [0.29, 0.717) is 5.02 Å². The second-order valence-electron chi connectivity index (χ2n) is 4.32. The van der Waals surface area contributed by atoms with Gasteiger partial charge in [0.25, 0.3) is 0 Å². The molecule has 0 aliphatic rings. The van der Waals surface area contributed by atoms with Crippen LogP contribution < -0.4 is 5.32 Å². The maximum absolute atomic E-state index is 6.12. The van der Waals surface area contributed by atoms with E-state index < -0.39 is 0 Å². The first-order chi connectivity index (χ1) is 9.70. The molecule has 5 heteroatoms. The zero-order chi connectivity index (χ0) is 14.4. The number of halogens is 2. The smallest absolute Gasteiger partial charge is 0.119 e. The molecular weight excluding hydrogens is 356 g/mol. The first kappa shape index (κ1) is 15.8. The third-order valence-electron chi connectivity index (χ3n) is 2.71. The molecule has 106 valence electrons. The minimum atomic E-state index is 0.683. The number of hydrogen-bond acceptors (Lipinski definition) is 3. The lowest BCUT2D eigenvalue weighted by atomic mass is 10.2. The predicted molar refractivity (Wildman–Crippen MR) is 89.5 cm³/mol. The summed E-state index contributed by atoms with van der Waals surface area (Å²) in [6, 6.07) is 10.0. The van der Waals surface area contributed by atoms with Crippen molar-refractivity contribution in [1.82, 2.24) is 10.3 Å². The molecule has 1 heterocycles. The zero-order valence-electron chi connectivity index (χ0n) is 11.2.